The number of benzene rings is 2. The number of halogens is 1. The zero-order valence-electron chi connectivity index (χ0n) is 22.9. The van der Waals surface area contributed by atoms with E-state index >= 15 is 0 Å². The second kappa shape index (κ2) is 12.6. The lowest BCUT2D eigenvalue weighted by Crippen LogP contribution is -2.50. The first-order valence-corrected chi connectivity index (χ1v) is 14.8. The van der Waals surface area contributed by atoms with Crippen LogP contribution in [0.2, 0.25) is 0 Å². The van der Waals surface area contributed by atoms with Crippen LogP contribution in [0, 0.1) is 17.7 Å². The Bertz CT molecular complexity index is 1320. The number of nitrogens with one attached hydrogen (secondary N) is 1. The highest BCUT2D eigenvalue weighted by molar-refractivity contribution is 7.89. The van der Waals surface area contributed by atoms with Crippen molar-refractivity contribution in [2.24, 2.45) is 11.8 Å². The summed E-state index contributed by atoms with van der Waals surface area (Å²) in [6.45, 7) is 4.39. The average molecular weight is 578 g/mol. The van der Waals surface area contributed by atoms with Crippen LogP contribution in [0.1, 0.15) is 37.0 Å². The maximum Gasteiger partial charge on any atom is 0.258 e. The minimum atomic E-state index is -3.98. The van der Waals surface area contributed by atoms with Gasteiger partial charge in [0.15, 0.2) is 5.75 Å². The first-order chi connectivity index (χ1) is 19.0. The fraction of sp³-hybridized carbons (Fsp3) is 0.500. The summed E-state index contributed by atoms with van der Waals surface area (Å²) in [6.07, 6.45) is 0.420. The van der Waals surface area contributed by atoms with E-state index in [-0.39, 0.29) is 59.6 Å². The van der Waals surface area contributed by atoms with Gasteiger partial charge in [0.2, 0.25) is 15.9 Å². The summed E-state index contributed by atoms with van der Waals surface area (Å²) < 4.78 is 52.8. The van der Waals surface area contributed by atoms with E-state index in [9.17, 15) is 27.5 Å². The molecule has 2 aliphatic rings. The number of carbonyl (C=O) groups is 2. The third-order valence-corrected chi connectivity index (χ3v) is 9.34. The van der Waals surface area contributed by atoms with Crippen LogP contribution in [-0.2, 0) is 19.6 Å². The smallest absolute Gasteiger partial charge is 0.258 e. The van der Waals surface area contributed by atoms with Crippen LogP contribution in [0.5, 0.6) is 5.75 Å². The van der Waals surface area contributed by atoms with E-state index in [1.165, 1.54) is 24.1 Å². The van der Waals surface area contributed by atoms with Gasteiger partial charge in [-0.05, 0) is 56.2 Å². The first-order valence-electron chi connectivity index (χ1n) is 13.3. The summed E-state index contributed by atoms with van der Waals surface area (Å²) >= 11 is 0. The summed E-state index contributed by atoms with van der Waals surface area (Å²) in [7, 11) is -2.57. The summed E-state index contributed by atoms with van der Waals surface area (Å²) in [6, 6.07) is 8.93. The lowest BCUT2D eigenvalue weighted by Gasteiger charge is -2.38. The maximum absolute atomic E-state index is 13.6. The number of hydrogen-bond acceptors (Lipinski definition) is 7. The summed E-state index contributed by atoms with van der Waals surface area (Å²) in [5.74, 6) is -1.59. The maximum atomic E-state index is 13.6. The zero-order chi connectivity index (χ0) is 29.0. The Balaban J connectivity index is 1.69. The van der Waals surface area contributed by atoms with Crippen LogP contribution < -0.4 is 10.1 Å². The van der Waals surface area contributed by atoms with E-state index in [1.807, 2.05) is 6.92 Å². The molecule has 2 aromatic carbocycles. The van der Waals surface area contributed by atoms with E-state index in [0.717, 1.165) is 16.4 Å². The molecule has 0 aliphatic carbocycles. The van der Waals surface area contributed by atoms with Gasteiger partial charge in [0.25, 0.3) is 5.91 Å². The number of ether oxygens (including phenoxy) is 2. The predicted molar refractivity (Wildman–Crippen MR) is 146 cm³/mol. The standard InChI is InChI=1S/C28H36FN3O7S/c1-18-15-32(19(2)17-33)28(35)23-5-4-6-24(30-27(34)20-11-13-38-14-12-20)26(23)39-25(18)16-31(3)40(36,37)22-9-7-21(29)8-10-22/h4-10,18-20,25,33H,11-17H2,1-3H3,(H,30,34)/t18-,19+,25+/m0/s1. The average Bonchev–Trinajstić information content (AvgIpc) is 2.95. The number of sulfonamides is 1. The van der Waals surface area contributed by atoms with E-state index in [0.29, 0.717) is 31.7 Å². The van der Waals surface area contributed by atoms with Gasteiger partial charge in [0.1, 0.15) is 11.9 Å². The lowest BCUT2D eigenvalue weighted by atomic mass is 9.98. The van der Waals surface area contributed by atoms with Crippen molar-refractivity contribution in [3.8, 4) is 5.75 Å². The Kier molecular flexibility index (Phi) is 9.44. The fourth-order valence-electron chi connectivity index (χ4n) is 4.89. The van der Waals surface area contributed by atoms with E-state index in [4.69, 9.17) is 9.47 Å². The molecular formula is C28H36FN3O7S. The molecule has 40 heavy (non-hydrogen) atoms. The SMILES string of the molecule is C[C@H](CO)N1C[C@H](C)[C@@H](CN(C)S(=O)(=O)c2ccc(F)cc2)Oc2c(NC(=O)C3CCOCC3)cccc2C1=O. The molecule has 2 aromatic rings. The van der Waals surface area contributed by atoms with Gasteiger partial charge in [-0.3, -0.25) is 9.59 Å². The van der Waals surface area contributed by atoms with Crippen molar-refractivity contribution >= 4 is 27.5 Å². The van der Waals surface area contributed by atoms with Crippen molar-refractivity contribution in [2.75, 3.05) is 45.3 Å². The van der Waals surface area contributed by atoms with Crippen molar-refractivity contribution in [1.29, 1.82) is 0 Å². The molecule has 0 unspecified atom stereocenters. The third-order valence-electron chi connectivity index (χ3n) is 7.50. The Labute approximate surface area is 234 Å². The third kappa shape index (κ3) is 6.46. The second-order valence-electron chi connectivity index (χ2n) is 10.4. The molecule has 0 aromatic heterocycles. The van der Waals surface area contributed by atoms with Crippen LogP contribution in [0.15, 0.2) is 47.4 Å². The number of nitrogens with zero attached hydrogens (tertiary/aromatic N) is 2. The Hall–Kier alpha value is -3.06. The Morgan fingerprint density at radius 1 is 1.20 bits per heavy atom. The molecule has 2 amide bonds. The number of carbonyl (C=O) groups excluding carboxylic acids is 2. The monoisotopic (exact) mass is 577 g/mol. The normalized spacial score (nSPS) is 21.2. The van der Waals surface area contributed by atoms with Crippen molar-refractivity contribution < 1.29 is 37.0 Å². The highest BCUT2D eigenvalue weighted by atomic mass is 32.2. The summed E-state index contributed by atoms with van der Waals surface area (Å²) in [4.78, 5) is 28.2. The van der Waals surface area contributed by atoms with Crippen LogP contribution in [0.25, 0.3) is 0 Å². The molecule has 12 heteroatoms. The van der Waals surface area contributed by atoms with Crippen molar-refractivity contribution in [3.63, 3.8) is 0 Å². The number of aliphatic hydroxyl groups is 1. The topological polar surface area (TPSA) is 125 Å². The predicted octanol–water partition coefficient (Wildman–Crippen LogP) is 2.73. The largest absolute Gasteiger partial charge is 0.486 e. The quantitative estimate of drug-likeness (QED) is 0.494. The number of amides is 2. The number of rotatable bonds is 8. The molecule has 2 aliphatic heterocycles. The molecular weight excluding hydrogens is 541 g/mol. The van der Waals surface area contributed by atoms with E-state index in [2.05, 4.69) is 5.32 Å². The van der Waals surface area contributed by atoms with Gasteiger partial charge in [-0.1, -0.05) is 13.0 Å². The van der Waals surface area contributed by atoms with Crippen LogP contribution >= 0.6 is 0 Å². The fourth-order valence-corrected chi connectivity index (χ4v) is 6.08. The van der Waals surface area contributed by atoms with Gasteiger partial charge in [0, 0.05) is 38.6 Å². The Morgan fingerprint density at radius 2 is 1.88 bits per heavy atom. The number of aliphatic hydroxyl groups excluding tert-OH is 1. The van der Waals surface area contributed by atoms with Gasteiger partial charge < -0.3 is 24.8 Å². The van der Waals surface area contributed by atoms with Gasteiger partial charge in [-0.25, -0.2) is 12.8 Å². The van der Waals surface area contributed by atoms with Gasteiger partial charge in [0.05, 0.1) is 35.3 Å². The first kappa shape index (κ1) is 29.9. The number of hydrogen-bond donors (Lipinski definition) is 2. The summed E-state index contributed by atoms with van der Waals surface area (Å²) in [5.41, 5.74) is 0.508. The Morgan fingerprint density at radius 3 is 2.52 bits per heavy atom. The number of likely N-dealkylation sites (N-methyl/N-ethyl adjacent to an activating group) is 1. The van der Waals surface area contributed by atoms with Crippen molar-refractivity contribution in [2.45, 2.75) is 43.7 Å². The summed E-state index contributed by atoms with van der Waals surface area (Å²) in [5, 5.41) is 12.8. The molecule has 4 rings (SSSR count). The zero-order valence-corrected chi connectivity index (χ0v) is 23.7. The van der Waals surface area contributed by atoms with Crippen LogP contribution in [-0.4, -0.2) is 86.6 Å². The highest BCUT2D eigenvalue weighted by Crippen LogP contribution is 2.36. The second-order valence-corrected chi connectivity index (χ2v) is 12.5. The van der Waals surface area contributed by atoms with Gasteiger partial charge in [-0.15, -0.1) is 0 Å². The number of anilines is 1. The minimum Gasteiger partial charge on any atom is -0.486 e. The van der Waals surface area contributed by atoms with Gasteiger partial charge >= 0.3 is 0 Å². The van der Waals surface area contributed by atoms with Crippen LogP contribution in [0.4, 0.5) is 10.1 Å². The van der Waals surface area contributed by atoms with Gasteiger partial charge in [-0.2, -0.15) is 4.31 Å². The number of fused-ring (bicyclic) bond motifs is 1. The van der Waals surface area contributed by atoms with Crippen LogP contribution in [0.3, 0.4) is 0 Å². The lowest BCUT2D eigenvalue weighted by molar-refractivity contribution is -0.122. The molecule has 0 saturated carbocycles. The molecule has 10 nitrogen and oxygen atoms in total. The molecule has 3 atom stereocenters. The molecule has 1 fully saturated rings. The minimum absolute atomic E-state index is 0.0644. The van der Waals surface area contributed by atoms with E-state index in [1.54, 1.807) is 25.1 Å². The van der Waals surface area contributed by atoms with Crippen molar-refractivity contribution in [3.05, 3.63) is 53.8 Å². The molecule has 2 N–H and O–H groups in total. The number of para-hydroxylation sites is 1. The molecule has 0 spiro atoms. The molecule has 2 heterocycles. The molecule has 0 radical (unpaired) electrons. The molecule has 1 saturated heterocycles. The molecule has 0 bridgehead atoms. The van der Waals surface area contributed by atoms with Crippen molar-refractivity contribution in [1.82, 2.24) is 9.21 Å². The molecule has 218 valence electrons. The van der Waals surface area contributed by atoms with E-state index < -0.39 is 28.0 Å². The highest BCUT2D eigenvalue weighted by Gasteiger charge is 2.36.